The van der Waals surface area contributed by atoms with E-state index >= 15 is 0 Å². The average Bonchev–Trinajstić information content (AvgIpc) is 2.54. The van der Waals surface area contributed by atoms with Crippen LogP contribution in [0.2, 0.25) is 0 Å². The number of hydrogen-bond acceptors (Lipinski definition) is 4. The molecule has 0 aliphatic rings. The summed E-state index contributed by atoms with van der Waals surface area (Å²) in [5.41, 5.74) is 0. The summed E-state index contributed by atoms with van der Waals surface area (Å²) < 4.78 is 9.79. The van der Waals surface area contributed by atoms with Gasteiger partial charge in [0, 0.05) is 0 Å². The molecule has 0 N–H and O–H groups in total. The predicted molar refractivity (Wildman–Crippen MR) is 89.5 cm³/mol. The van der Waals surface area contributed by atoms with Crippen LogP contribution in [0, 0.1) is 0 Å². The lowest BCUT2D eigenvalue weighted by molar-refractivity contribution is -0.141. The highest BCUT2D eigenvalue weighted by molar-refractivity contribution is 6.26. The molecule has 22 heavy (non-hydrogen) atoms. The van der Waals surface area contributed by atoms with Crippen molar-refractivity contribution in [3.05, 3.63) is 0 Å². The molecule has 4 nitrogen and oxygen atoms in total. The van der Waals surface area contributed by atoms with Gasteiger partial charge in [0.25, 0.3) is 0 Å². The van der Waals surface area contributed by atoms with Crippen LogP contribution in [0.1, 0.15) is 64.2 Å². The summed E-state index contributed by atoms with van der Waals surface area (Å²) in [6.45, 7) is 0.972. The summed E-state index contributed by atoms with van der Waals surface area (Å²) in [6.07, 6.45) is 11.4. The molecule has 0 heterocycles. The van der Waals surface area contributed by atoms with E-state index in [4.69, 9.17) is 32.7 Å². The minimum Gasteiger partial charge on any atom is -0.465 e. The van der Waals surface area contributed by atoms with Gasteiger partial charge in [-0.3, -0.25) is 9.59 Å². The van der Waals surface area contributed by atoms with Crippen molar-refractivity contribution in [2.75, 3.05) is 25.0 Å². The summed E-state index contributed by atoms with van der Waals surface area (Å²) in [6, 6.07) is 0. The summed E-state index contributed by atoms with van der Waals surface area (Å²) in [4.78, 5) is 21.6. The fraction of sp³-hybridized carbons (Fsp3) is 0.875. The largest absolute Gasteiger partial charge is 0.465 e. The highest BCUT2D eigenvalue weighted by atomic mass is 35.5. The van der Waals surface area contributed by atoms with Gasteiger partial charge < -0.3 is 9.47 Å². The number of hydrogen-bond donors (Lipinski definition) is 0. The van der Waals surface area contributed by atoms with E-state index in [1.165, 1.54) is 38.5 Å². The van der Waals surface area contributed by atoms with E-state index in [1.54, 1.807) is 0 Å². The predicted octanol–water partition coefficient (Wildman–Crippen LogP) is 4.45. The van der Waals surface area contributed by atoms with Crippen LogP contribution in [-0.4, -0.2) is 36.9 Å². The Kier molecular flexibility index (Phi) is 16.5. The molecule has 0 rings (SSSR count). The van der Waals surface area contributed by atoms with Gasteiger partial charge >= 0.3 is 11.9 Å². The lowest BCUT2D eigenvalue weighted by atomic mass is 10.1. The zero-order valence-electron chi connectivity index (χ0n) is 13.3. The molecule has 0 fully saturated rings. The van der Waals surface area contributed by atoms with Crippen molar-refractivity contribution >= 4 is 35.1 Å². The second-order valence-electron chi connectivity index (χ2n) is 5.24. The van der Waals surface area contributed by atoms with Gasteiger partial charge in [0.05, 0.1) is 13.2 Å². The Labute approximate surface area is 143 Å². The highest BCUT2D eigenvalue weighted by Gasteiger charge is 1.99. The monoisotopic (exact) mass is 354 g/mol. The summed E-state index contributed by atoms with van der Waals surface area (Å²) in [5.74, 6) is -0.789. The van der Waals surface area contributed by atoms with E-state index in [0.717, 1.165) is 25.7 Å². The number of esters is 2. The number of alkyl halides is 2. The van der Waals surface area contributed by atoms with Gasteiger partial charge in [-0.2, -0.15) is 0 Å². The summed E-state index contributed by atoms with van der Waals surface area (Å²) >= 11 is 10.6. The van der Waals surface area contributed by atoms with Gasteiger partial charge in [-0.05, 0) is 12.8 Å². The maximum atomic E-state index is 10.8. The third-order valence-corrected chi connectivity index (χ3v) is 3.72. The SMILES string of the molecule is O=C(CCl)OCCCCCCCCCCCCOC(=O)CCl. The number of carbonyl (C=O) groups is 2. The first-order valence-corrected chi connectivity index (χ1v) is 9.20. The van der Waals surface area contributed by atoms with Gasteiger partial charge in [0.1, 0.15) is 11.8 Å². The van der Waals surface area contributed by atoms with Crippen molar-refractivity contribution < 1.29 is 19.1 Å². The summed E-state index contributed by atoms with van der Waals surface area (Å²) in [7, 11) is 0. The Morgan fingerprint density at radius 3 is 1.09 bits per heavy atom. The second kappa shape index (κ2) is 16.9. The van der Waals surface area contributed by atoms with E-state index in [-0.39, 0.29) is 23.7 Å². The zero-order chi connectivity index (χ0) is 16.5. The molecule has 0 aromatic heterocycles. The third kappa shape index (κ3) is 15.9. The smallest absolute Gasteiger partial charge is 0.320 e. The van der Waals surface area contributed by atoms with Gasteiger partial charge in [-0.1, -0.05) is 51.4 Å². The Hall–Kier alpha value is -0.480. The fourth-order valence-corrected chi connectivity index (χ4v) is 2.22. The van der Waals surface area contributed by atoms with Crippen LogP contribution in [0.15, 0.2) is 0 Å². The fourth-order valence-electron chi connectivity index (χ4n) is 2.07. The Bertz CT molecular complexity index is 257. The Balaban J connectivity index is 3.05. The molecular formula is C16H28Cl2O4. The molecular weight excluding hydrogens is 327 g/mol. The molecule has 0 aromatic rings. The first-order valence-electron chi connectivity index (χ1n) is 8.14. The molecule has 0 aromatic carbocycles. The van der Waals surface area contributed by atoms with Gasteiger partial charge in [-0.15, -0.1) is 23.2 Å². The lowest BCUT2D eigenvalue weighted by Gasteiger charge is -2.04. The Morgan fingerprint density at radius 1 is 0.545 bits per heavy atom. The number of carbonyl (C=O) groups excluding carboxylic acids is 2. The van der Waals surface area contributed by atoms with Crippen LogP contribution in [-0.2, 0) is 19.1 Å². The third-order valence-electron chi connectivity index (χ3n) is 3.28. The van der Waals surface area contributed by atoms with E-state index in [9.17, 15) is 9.59 Å². The van der Waals surface area contributed by atoms with Crippen molar-refractivity contribution in [1.82, 2.24) is 0 Å². The van der Waals surface area contributed by atoms with Crippen LogP contribution in [0.4, 0.5) is 0 Å². The standard InChI is InChI=1S/C16H28Cl2O4/c17-13-15(19)21-11-9-7-5-3-1-2-4-6-8-10-12-22-16(20)14-18/h1-14H2. The lowest BCUT2D eigenvalue weighted by Crippen LogP contribution is -2.06. The number of halogens is 2. The van der Waals surface area contributed by atoms with Crippen LogP contribution in [0.3, 0.4) is 0 Å². The van der Waals surface area contributed by atoms with Crippen LogP contribution < -0.4 is 0 Å². The summed E-state index contributed by atoms with van der Waals surface area (Å²) in [5, 5.41) is 0. The van der Waals surface area contributed by atoms with E-state index in [2.05, 4.69) is 0 Å². The van der Waals surface area contributed by atoms with Crippen LogP contribution in [0.25, 0.3) is 0 Å². The van der Waals surface area contributed by atoms with Crippen molar-refractivity contribution in [3.8, 4) is 0 Å². The first-order chi connectivity index (χ1) is 10.7. The molecule has 130 valence electrons. The second-order valence-corrected chi connectivity index (χ2v) is 5.78. The molecule has 0 saturated carbocycles. The Morgan fingerprint density at radius 2 is 0.818 bits per heavy atom. The normalized spacial score (nSPS) is 10.5. The molecule has 0 atom stereocenters. The minimum absolute atomic E-state index is 0.0604. The van der Waals surface area contributed by atoms with E-state index in [1.807, 2.05) is 0 Å². The average molecular weight is 355 g/mol. The number of unbranched alkanes of at least 4 members (excludes halogenated alkanes) is 9. The quantitative estimate of drug-likeness (QED) is 0.247. The van der Waals surface area contributed by atoms with Gasteiger partial charge in [-0.25, -0.2) is 0 Å². The molecule has 0 aliphatic heterocycles. The molecule has 0 unspecified atom stereocenters. The maximum Gasteiger partial charge on any atom is 0.320 e. The van der Waals surface area contributed by atoms with Crippen LogP contribution in [0.5, 0.6) is 0 Å². The zero-order valence-corrected chi connectivity index (χ0v) is 14.8. The minimum atomic E-state index is -0.334. The molecule has 0 bridgehead atoms. The molecule has 0 saturated heterocycles. The van der Waals surface area contributed by atoms with Gasteiger partial charge in [0.2, 0.25) is 0 Å². The molecule has 0 radical (unpaired) electrons. The highest BCUT2D eigenvalue weighted by Crippen LogP contribution is 2.10. The van der Waals surface area contributed by atoms with E-state index < -0.39 is 0 Å². The van der Waals surface area contributed by atoms with E-state index in [0.29, 0.717) is 13.2 Å². The van der Waals surface area contributed by atoms with Crippen molar-refractivity contribution in [2.45, 2.75) is 64.2 Å². The molecule has 6 heteroatoms. The molecule has 0 spiro atoms. The van der Waals surface area contributed by atoms with Crippen LogP contribution >= 0.6 is 23.2 Å². The van der Waals surface area contributed by atoms with Crippen molar-refractivity contribution in [2.24, 2.45) is 0 Å². The molecule has 0 amide bonds. The van der Waals surface area contributed by atoms with Crippen molar-refractivity contribution in [1.29, 1.82) is 0 Å². The van der Waals surface area contributed by atoms with Crippen molar-refractivity contribution in [3.63, 3.8) is 0 Å². The number of rotatable bonds is 15. The number of ether oxygens (including phenoxy) is 2. The molecule has 0 aliphatic carbocycles. The maximum absolute atomic E-state index is 10.8. The topological polar surface area (TPSA) is 52.6 Å². The van der Waals surface area contributed by atoms with Gasteiger partial charge in [0.15, 0.2) is 0 Å². The first kappa shape index (κ1) is 21.5.